The van der Waals surface area contributed by atoms with Crippen molar-refractivity contribution in [3.8, 4) is 0 Å². The number of nitrogens with one attached hydrogen (secondary N) is 1. The van der Waals surface area contributed by atoms with Gasteiger partial charge in [-0.1, -0.05) is 11.6 Å². The van der Waals surface area contributed by atoms with Crippen LogP contribution in [0.1, 0.15) is 17.3 Å². The van der Waals surface area contributed by atoms with Crippen LogP contribution in [0.2, 0.25) is 5.02 Å². The number of hydrogen-bond acceptors (Lipinski definition) is 5. The Kier molecular flexibility index (Phi) is 6.04. The van der Waals surface area contributed by atoms with Crippen molar-refractivity contribution < 1.29 is 19.5 Å². The lowest BCUT2D eigenvalue weighted by atomic mass is 10.0. The van der Waals surface area contributed by atoms with E-state index in [1.165, 1.54) is 4.90 Å². The molecule has 8 heteroatoms. The summed E-state index contributed by atoms with van der Waals surface area (Å²) in [5.41, 5.74) is 1.75. The van der Waals surface area contributed by atoms with Gasteiger partial charge in [-0.15, -0.1) is 11.8 Å². The lowest BCUT2D eigenvalue weighted by Gasteiger charge is -2.49. The standard InChI is InChI=1S/C15H13ClN2O3S.CH4O/c1-8-7-22-15-12(14(21)18(15)11(8)6-19)17-13(20)9-2-4-10(16)5-3-9;1-2/h2-6,12,15H,7H2,1H3,(H,17,20);2H,1H3. The molecular weight excluding hydrogens is 352 g/mol. The number of β-lactam (4-membered cyclic amide) rings is 1. The third kappa shape index (κ3) is 3.33. The van der Waals surface area contributed by atoms with E-state index >= 15 is 0 Å². The van der Waals surface area contributed by atoms with Crippen molar-refractivity contribution >= 4 is 41.5 Å². The number of halogens is 1. The second-order valence-corrected chi connectivity index (χ2v) is 6.69. The van der Waals surface area contributed by atoms with Gasteiger partial charge in [0.2, 0.25) is 0 Å². The van der Waals surface area contributed by atoms with Crippen molar-refractivity contribution in [3.05, 3.63) is 46.1 Å². The first kappa shape index (κ1) is 18.5. The van der Waals surface area contributed by atoms with E-state index in [0.717, 1.165) is 12.7 Å². The number of fused-ring (bicyclic) bond motifs is 1. The number of benzene rings is 1. The first-order valence-corrected chi connectivity index (χ1v) is 8.56. The monoisotopic (exact) mass is 368 g/mol. The van der Waals surface area contributed by atoms with Crippen molar-refractivity contribution in [3.63, 3.8) is 0 Å². The van der Waals surface area contributed by atoms with Crippen LogP contribution >= 0.6 is 23.4 Å². The first-order valence-electron chi connectivity index (χ1n) is 7.13. The quantitative estimate of drug-likeness (QED) is 0.622. The highest BCUT2D eigenvalue weighted by molar-refractivity contribution is 8.00. The van der Waals surface area contributed by atoms with Crippen molar-refractivity contribution in [1.82, 2.24) is 10.2 Å². The molecule has 0 aromatic heterocycles. The Bertz CT molecular complexity index is 690. The molecule has 2 aliphatic rings. The third-order valence-corrected chi connectivity index (χ3v) is 5.39. The summed E-state index contributed by atoms with van der Waals surface area (Å²) in [5.74, 6) is 0.102. The maximum absolute atomic E-state index is 12.2. The number of hydrogen-bond donors (Lipinski definition) is 2. The number of thioether (sulfide) groups is 1. The Morgan fingerprint density at radius 1 is 1.38 bits per heavy atom. The summed E-state index contributed by atoms with van der Waals surface area (Å²) >= 11 is 7.33. The molecule has 0 bridgehead atoms. The van der Waals surface area contributed by atoms with Gasteiger partial charge in [0.25, 0.3) is 11.8 Å². The Labute approximate surface area is 148 Å². The molecule has 128 valence electrons. The molecule has 6 nitrogen and oxygen atoms in total. The van der Waals surface area contributed by atoms with Gasteiger partial charge in [-0.25, -0.2) is 0 Å². The Morgan fingerprint density at radius 2 is 2.00 bits per heavy atom. The van der Waals surface area contributed by atoms with E-state index in [-0.39, 0.29) is 17.2 Å². The van der Waals surface area contributed by atoms with Gasteiger partial charge < -0.3 is 10.4 Å². The van der Waals surface area contributed by atoms with Gasteiger partial charge in [-0.3, -0.25) is 19.3 Å². The molecule has 1 aromatic rings. The molecule has 2 atom stereocenters. The van der Waals surface area contributed by atoms with Crippen LogP contribution in [0.5, 0.6) is 0 Å². The average molecular weight is 369 g/mol. The van der Waals surface area contributed by atoms with Gasteiger partial charge in [-0.05, 0) is 36.8 Å². The average Bonchev–Trinajstić information content (AvgIpc) is 2.61. The topological polar surface area (TPSA) is 86.7 Å². The molecule has 0 aliphatic carbocycles. The molecule has 0 saturated carbocycles. The third-order valence-electron chi connectivity index (χ3n) is 3.72. The SMILES string of the molecule is CC1=C(C=O)N2C(=O)C(NC(=O)c3ccc(Cl)cc3)C2SC1.CO. The van der Waals surface area contributed by atoms with E-state index in [1.54, 1.807) is 36.0 Å². The minimum absolute atomic E-state index is 0.215. The highest BCUT2D eigenvalue weighted by Gasteiger charge is 2.52. The van der Waals surface area contributed by atoms with E-state index < -0.39 is 6.04 Å². The van der Waals surface area contributed by atoms with Crippen molar-refractivity contribution in [2.75, 3.05) is 12.9 Å². The normalized spacial score (nSPS) is 22.0. The summed E-state index contributed by atoms with van der Waals surface area (Å²) in [5, 5.41) is 10.1. The van der Waals surface area contributed by atoms with Crippen LogP contribution in [0.15, 0.2) is 35.5 Å². The smallest absolute Gasteiger partial charge is 0.253 e. The highest BCUT2D eigenvalue weighted by atomic mass is 35.5. The molecule has 3 rings (SSSR count). The molecule has 2 aliphatic heterocycles. The van der Waals surface area contributed by atoms with Gasteiger partial charge in [-0.2, -0.15) is 0 Å². The molecule has 2 amide bonds. The number of amides is 2. The summed E-state index contributed by atoms with van der Waals surface area (Å²) in [6, 6.07) is 5.85. The van der Waals surface area contributed by atoms with Crippen molar-refractivity contribution in [2.45, 2.75) is 18.3 Å². The minimum atomic E-state index is -0.601. The van der Waals surface area contributed by atoms with E-state index in [4.69, 9.17) is 16.7 Å². The number of nitrogens with zero attached hydrogens (tertiary/aromatic N) is 1. The summed E-state index contributed by atoms with van der Waals surface area (Å²) < 4.78 is 0. The van der Waals surface area contributed by atoms with Gasteiger partial charge in [0.1, 0.15) is 11.4 Å². The van der Waals surface area contributed by atoms with Crippen LogP contribution in [0, 0.1) is 0 Å². The van der Waals surface area contributed by atoms with Gasteiger partial charge in [0, 0.05) is 23.4 Å². The lowest BCUT2D eigenvalue weighted by molar-refractivity contribution is -0.143. The zero-order valence-corrected chi connectivity index (χ0v) is 14.7. The molecule has 2 unspecified atom stereocenters. The number of carbonyl (C=O) groups is 3. The lowest BCUT2D eigenvalue weighted by Crippen LogP contribution is -2.70. The van der Waals surface area contributed by atoms with Gasteiger partial charge >= 0.3 is 0 Å². The van der Waals surface area contributed by atoms with Crippen LogP contribution in [-0.2, 0) is 9.59 Å². The largest absolute Gasteiger partial charge is 0.400 e. The maximum atomic E-state index is 12.2. The summed E-state index contributed by atoms with van der Waals surface area (Å²) in [6.45, 7) is 1.83. The second kappa shape index (κ2) is 7.83. The molecular formula is C16H17ClN2O4S. The Balaban J connectivity index is 0.00000100. The predicted octanol–water partition coefficient (Wildman–Crippen LogP) is 1.43. The molecule has 2 N–H and O–H groups in total. The van der Waals surface area contributed by atoms with E-state index in [2.05, 4.69) is 5.32 Å². The van der Waals surface area contributed by atoms with Gasteiger partial charge in [0.05, 0.1) is 5.70 Å². The van der Waals surface area contributed by atoms with Crippen LogP contribution in [0.3, 0.4) is 0 Å². The minimum Gasteiger partial charge on any atom is -0.400 e. The van der Waals surface area contributed by atoms with Crippen LogP contribution < -0.4 is 5.32 Å². The summed E-state index contributed by atoms with van der Waals surface area (Å²) in [4.78, 5) is 37.0. The number of carbonyl (C=O) groups excluding carboxylic acids is 3. The van der Waals surface area contributed by atoms with Gasteiger partial charge in [0.15, 0.2) is 6.29 Å². The number of aliphatic hydroxyl groups is 1. The van der Waals surface area contributed by atoms with Crippen LogP contribution in [-0.4, -0.2) is 52.4 Å². The highest BCUT2D eigenvalue weighted by Crippen LogP contribution is 2.39. The zero-order chi connectivity index (χ0) is 17.9. The fourth-order valence-corrected chi connectivity index (χ4v) is 3.93. The van der Waals surface area contributed by atoms with Crippen LogP contribution in [0.25, 0.3) is 0 Å². The fraction of sp³-hybridized carbons (Fsp3) is 0.312. The Hall–Kier alpha value is -1.83. The molecule has 0 radical (unpaired) electrons. The summed E-state index contributed by atoms with van der Waals surface area (Å²) in [7, 11) is 1.00. The van der Waals surface area contributed by atoms with Crippen molar-refractivity contribution in [2.24, 2.45) is 0 Å². The molecule has 1 fully saturated rings. The van der Waals surface area contributed by atoms with Crippen molar-refractivity contribution in [1.29, 1.82) is 0 Å². The van der Waals surface area contributed by atoms with E-state index in [9.17, 15) is 14.4 Å². The predicted molar refractivity (Wildman–Crippen MR) is 92.7 cm³/mol. The molecule has 24 heavy (non-hydrogen) atoms. The molecule has 1 saturated heterocycles. The molecule has 2 heterocycles. The number of allylic oxidation sites excluding steroid dienone is 1. The fourth-order valence-electron chi connectivity index (χ4n) is 2.50. The zero-order valence-electron chi connectivity index (χ0n) is 13.2. The molecule has 0 spiro atoms. The van der Waals surface area contributed by atoms with E-state index in [1.807, 2.05) is 6.92 Å². The summed E-state index contributed by atoms with van der Waals surface area (Å²) in [6.07, 6.45) is 0.706. The number of aliphatic hydroxyl groups excluding tert-OH is 1. The number of aldehydes is 1. The second-order valence-electron chi connectivity index (χ2n) is 5.15. The maximum Gasteiger partial charge on any atom is 0.253 e. The first-order chi connectivity index (χ1) is 11.5. The molecule has 1 aromatic carbocycles. The van der Waals surface area contributed by atoms with E-state index in [0.29, 0.717) is 28.3 Å². The Morgan fingerprint density at radius 3 is 2.58 bits per heavy atom. The number of rotatable bonds is 3. The van der Waals surface area contributed by atoms with Crippen LogP contribution in [0.4, 0.5) is 0 Å².